The first kappa shape index (κ1) is 15.9. The van der Waals surface area contributed by atoms with Crippen LogP contribution in [0.2, 0.25) is 0 Å². The van der Waals surface area contributed by atoms with Crippen LogP contribution in [0.5, 0.6) is 0 Å². The molecular weight excluding hydrogens is 285 g/mol. The van der Waals surface area contributed by atoms with E-state index >= 15 is 0 Å². The van der Waals surface area contributed by atoms with Crippen molar-refractivity contribution in [1.29, 1.82) is 0 Å². The fourth-order valence-corrected chi connectivity index (χ4v) is 2.19. The molecule has 1 aromatic carbocycles. The van der Waals surface area contributed by atoms with Crippen molar-refractivity contribution in [2.75, 3.05) is 5.32 Å². The number of hydrogen-bond donors (Lipinski definition) is 1. The van der Waals surface area contributed by atoms with Gasteiger partial charge in [0, 0.05) is 12.8 Å². The Labute approximate surface area is 128 Å². The maximum atomic E-state index is 13.6. The summed E-state index contributed by atoms with van der Waals surface area (Å²) in [5, 5.41) is 2.53. The lowest BCUT2D eigenvalue weighted by atomic mass is 10.1. The monoisotopic (exact) mass is 303 g/mol. The van der Waals surface area contributed by atoms with Crippen molar-refractivity contribution in [2.45, 2.75) is 33.6 Å². The number of Topliss-reactive ketones (excluding diaryl/α,β-unsaturated/α-hetero) is 1. The molecule has 4 nitrogen and oxygen atoms in total. The van der Waals surface area contributed by atoms with Crippen LogP contribution in [0.15, 0.2) is 28.7 Å². The first-order valence-corrected chi connectivity index (χ1v) is 7.03. The molecule has 0 atom stereocenters. The summed E-state index contributed by atoms with van der Waals surface area (Å²) < 4.78 is 19.1. The number of amides is 1. The van der Waals surface area contributed by atoms with E-state index in [1.165, 1.54) is 19.1 Å². The van der Waals surface area contributed by atoms with Crippen molar-refractivity contribution in [1.82, 2.24) is 0 Å². The molecule has 0 fully saturated rings. The number of carbonyl (C=O) groups excluding carboxylic acids is 2. The van der Waals surface area contributed by atoms with Crippen molar-refractivity contribution >= 4 is 17.4 Å². The van der Waals surface area contributed by atoms with Gasteiger partial charge in [-0.3, -0.25) is 9.59 Å². The molecule has 0 aliphatic carbocycles. The molecule has 0 saturated carbocycles. The Morgan fingerprint density at radius 3 is 2.55 bits per heavy atom. The Hall–Kier alpha value is -2.43. The fraction of sp³-hybridized carbons (Fsp3) is 0.294. The standard InChI is InChI=1S/C17H18FNO3/c1-10-4-6-16(15(18)8-10)19-17(21)7-5-13-9-14(11(2)20)12(3)22-13/h4,6,8-9H,5,7H2,1-3H3,(H,19,21). The van der Waals surface area contributed by atoms with Gasteiger partial charge in [-0.05, 0) is 44.5 Å². The van der Waals surface area contributed by atoms with Gasteiger partial charge in [0.1, 0.15) is 17.3 Å². The summed E-state index contributed by atoms with van der Waals surface area (Å²) in [5.74, 6) is 0.288. The van der Waals surface area contributed by atoms with E-state index in [1.807, 2.05) is 0 Å². The third-order valence-electron chi connectivity index (χ3n) is 3.35. The number of hydrogen-bond acceptors (Lipinski definition) is 3. The van der Waals surface area contributed by atoms with E-state index in [-0.39, 0.29) is 23.8 Å². The first-order valence-electron chi connectivity index (χ1n) is 7.03. The molecule has 1 heterocycles. The third kappa shape index (κ3) is 3.81. The van der Waals surface area contributed by atoms with Crippen molar-refractivity contribution < 1.29 is 18.4 Å². The SMILES string of the molecule is CC(=O)c1cc(CCC(=O)Nc2ccc(C)cc2F)oc1C. The minimum absolute atomic E-state index is 0.0707. The molecule has 5 heteroatoms. The topological polar surface area (TPSA) is 59.3 Å². The summed E-state index contributed by atoms with van der Waals surface area (Å²) in [4.78, 5) is 23.2. The number of carbonyl (C=O) groups is 2. The molecule has 0 unspecified atom stereocenters. The van der Waals surface area contributed by atoms with Crippen LogP contribution in [0.25, 0.3) is 0 Å². The molecule has 0 radical (unpaired) electrons. The summed E-state index contributed by atoms with van der Waals surface area (Å²) in [6, 6.07) is 6.28. The predicted molar refractivity (Wildman–Crippen MR) is 81.5 cm³/mol. The second kappa shape index (κ2) is 6.56. The third-order valence-corrected chi connectivity index (χ3v) is 3.35. The Morgan fingerprint density at radius 1 is 1.23 bits per heavy atom. The highest BCUT2D eigenvalue weighted by atomic mass is 19.1. The van der Waals surface area contributed by atoms with Crippen LogP contribution >= 0.6 is 0 Å². The highest BCUT2D eigenvalue weighted by molar-refractivity contribution is 5.95. The lowest BCUT2D eigenvalue weighted by Crippen LogP contribution is -2.13. The van der Waals surface area contributed by atoms with Gasteiger partial charge in [0.15, 0.2) is 5.78 Å². The number of rotatable bonds is 5. The van der Waals surface area contributed by atoms with Crippen molar-refractivity contribution in [3.8, 4) is 0 Å². The minimum Gasteiger partial charge on any atom is -0.466 e. The fourth-order valence-electron chi connectivity index (χ4n) is 2.19. The van der Waals surface area contributed by atoms with Crippen molar-refractivity contribution in [3.63, 3.8) is 0 Å². The highest BCUT2D eigenvalue weighted by Crippen LogP contribution is 2.18. The van der Waals surface area contributed by atoms with E-state index in [1.54, 1.807) is 26.0 Å². The van der Waals surface area contributed by atoms with E-state index < -0.39 is 5.82 Å². The minimum atomic E-state index is -0.457. The number of benzene rings is 1. The number of nitrogens with one attached hydrogen (secondary N) is 1. The largest absolute Gasteiger partial charge is 0.466 e. The van der Waals surface area contributed by atoms with Gasteiger partial charge in [-0.15, -0.1) is 0 Å². The Kier molecular flexibility index (Phi) is 4.75. The summed E-state index contributed by atoms with van der Waals surface area (Å²) in [6.45, 7) is 4.96. The molecule has 0 spiro atoms. The molecule has 0 aliphatic rings. The molecule has 1 amide bonds. The van der Waals surface area contributed by atoms with Crippen LogP contribution in [-0.4, -0.2) is 11.7 Å². The molecule has 2 rings (SSSR count). The van der Waals surface area contributed by atoms with Crippen LogP contribution in [0, 0.1) is 19.7 Å². The lowest BCUT2D eigenvalue weighted by molar-refractivity contribution is -0.116. The quantitative estimate of drug-likeness (QED) is 0.854. The van der Waals surface area contributed by atoms with Crippen LogP contribution in [0.4, 0.5) is 10.1 Å². The maximum Gasteiger partial charge on any atom is 0.224 e. The Morgan fingerprint density at radius 2 is 1.95 bits per heavy atom. The molecule has 1 N–H and O–H groups in total. The molecule has 0 saturated heterocycles. The molecular formula is C17H18FNO3. The van der Waals surface area contributed by atoms with Crippen LogP contribution in [-0.2, 0) is 11.2 Å². The highest BCUT2D eigenvalue weighted by Gasteiger charge is 2.13. The van der Waals surface area contributed by atoms with Crippen LogP contribution < -0.4 is 5.32 Å². The summed E-state index contributed by atoms with van der Waals surface area (Å²) in [6.07, 6.45) is 0.505. The number of aryl methyl sites for hydroxylation is 3. The van der Waals surface area contributed by atoms with Gasteiger partial charge in [-0.2, -0.15) is 0 Å². The van der Waals surface area contributed by atoms with Gasteiger partial charge in [-0.25, -0.2) is 4.39 Å². The summed E-state index contributed by atoms with van der Waals surface area (Å²) in [7, 11) is 0. The van der Waals surface area contributed by atoms with E-state index in [4.69, 9.17) is 4.42 Å². The number of anilines is 1. The van der Waals surface area contributed by atoms with Gasteiger partial charge in [-0.1, -0.05) is 6.07 Å². The second-order valence-corrected chi connectivity index (χ2v) is 5.27. The predicted octanol–water partition coefficient (Wildman–Crippen LogP) is 3.81. The zero-order chi connectivity index (χ0) is 16.3. The molecule has 22 heavy (non-hydrogen) atoms. The molecule has 0 aliphatic heterocycles. The Balaban J connectivity index is 1.95. The Bertz CT molecular complexity index is 719. The molecule has 0 bridgehead atoms. The summed E-state index contributed by atoms with van der Waals surface area (Å²) in [5.41, 5.74) is 1.48. The zero-order valence-electron chi connectivity index (χ0n) is 12.8. The average Bonchev–Trinajstić information content (AvgIpc) is 2.81. The van der Waals surface area contributed by atoms with Gasteiger partial charge >= 0.3 is 0 Å². The maximum absolute atomic E-state index is 13.6. The molecule has 2 aromatic rings. The van der Waals surface area contributed by atoms with Gasteiger partial charge in [0.2, 0.25) is 5.91 Å². The average molecular weight is 303 g/mol. The van der Waals surface area contributed by atoms with Gasteiger partial charge in [0.05, 0.1) is 11.3 Å². The lowest BCUT2D eigenvalue weighted by Gasteiger charge is -2.06. The van der Waals surface area contributed by atoms with Crippen LogP contribution in [0.1, 0.15) is 40.8 Å². The number of furan rings is 1. The normalized spacial score (nSPS) is 10.5. The van der Waals surface area contributed by atoms with Gasteiger partial charge < -0.3 is 9.73 Å². The van der Waals surface area contributed by atoms with Gasteiger partial charge in [0.25, 0.3) is 0 Å². The molecule has 116 valence electrons. The zero-order valence-corrected chi connectivity index (χ0v) is 12.8. The van der Waals surface area contributed by atoms with E-state index in [9.17, 15) is 14.0 Å². The first-order chi connectivity index (χ1) is 10.4. The van der Waals surface area contributed by atoms with E-state index in [0.717, 1.165) is 5.56 Å². The van der Waals surface area contributed by atoms with E-state index in [2.05, 4.69) is 5.32 Å². The molecule has 1 aromatic heterocycles. The van der Waals surface area contributed by atoms with Crippen LogP contribution in [0.3, 0.4) is 0 Å². The number of halogens is 1. The second-order valence-electron chi connectivity index (χ2n) is 5.27. The van der Waals surface area contributed by atoms with Crippen molar-refractivity contribution in [3.05, 3.63) is 52.7 Å². The van der Waals surface area contributed by atoms with Crippen molar-refractivity contribution in [2.24, 2.45) is 0 Å². The van der Waals surface area contributed by atoms with E-state index in [0.29, 0.717) is 23.5 Å². The number of ketones is 1. The smallest absolute Gasteiger partial charge is 0.224 e. The summed E-state index contributed by atoms with van der Waals surface area (Å²) >= 11 is 0.